The second-order valence-electron chi connectivity index (χ2n) is 3.63. The van der Waals surface area contributed by atoms with Gasteiger partial charge in [-0.1, -0.05) is 11.8 Å². The van der Waals surface area contributed by atoms with Crippen LogP contribution in [0.4, 0.5) is 10.5 Å². The predicted molar refractivity (Wildman–Crippen MR) is 74.1 cm³/mol. The van der Waals surface area contributed by atoms with Crippen molar-refractivity contribution < 1.29 is 14.3 Å². The van der Waals surface area contributed by atoms with E-state index in [0.717, 1.165) is 16.2 Å². The van der Waals surface area contributed by atoms with Gasteiger partial charge in [0.2, 0.25) is 5.91 Å². The summed E-state index contributed by atoms with van der Waals surface area (Å²) >= 11 is 4.45. The van der Waals surface area contributed by atoms with E-state index in [2.05, 4.69) is 26.6 Å². The van der Waals surface area contributed by atoms with E-state index in [0.29, 0.717) is 17.2 Å². The van der Waals surface area contributed by atoms with Crippen LogP contribution in [0.2, 0.25) is 0 Å². The van der Waals surface area contributed by atoms with Crippen molar-refractivity contribution in [2.75, 3.05) is 18.2 Å². The third kappa shape index (κ3) is 2.97. The number of nitrogens with one attached hydrogen (secondary N) is 2. The van der Waals surface area contributed by atoms with Gasteiger partial charge in [-0.25, -0.2) is 0 Å². The fraction of sp³-hybridized carbons (Fsp3) is 0.273. The zero-order valence-electron chi connectivity index (χ0n) is 9.53. The molecule has 2 N–H and O–H groups in total. The van der Waals surface area contributed by atoms with E-state index in [9.17, 15) is 9.59 Å². The van der Waals surface area contributed by atoms with E-state index in [4.69, 9.17) is 4.74 Å². The zero-order valence-corrected chi connectivity index (χ0v) is 11.9. The molecule has 1 aromatic carbocycles. The molecule has 1 heterocycles. The molecule has 0 aliphatic carbocycles. The molecule has 1 aliphatic rings. The Labute approximate surface area is 117 Å². The highest BCUT2D eigenvalue weighted by Gasteiger charge is 2.28. The van der Waals surface area contributed by atoms with Crippen molar-refractivity contribution in [2.24, 2.45) is 0 Å². The second kappa shape index (κ2) is 5.62. The van der Waals surface area contributed by atoms with Crippen molar-refractivity contribution >= 4 is 44.5 Å². The van der Waals surface area contributed by atoms with Gasteiger partial charge in [0.25, 0.3) is 5.24 Å². The molecule has 2 amide bonds. The first-order valence-corrected chi connectivity index (χ1v) is 6.95. The topological polar surface area (TPSA) is 67.4 Å². The van der Waals surface area contributed by atoms with Crippen LogP contribution in [-0.4, -0.2) is 30.1 Å². The number of hydrogen-bond acceptors (Lipinski definition) is 4. The maximum Gasteiger partial charge on any atom is 0.279 e. The minimum Gasteiger partial charge on any atom is -0.497 e. The van der Waals surface area contributed by atoms with Crippen molar-refractivity contribution in [2.45, 2.75) is 6.04 Å². The number of anilines is 1. The lowest BCUT2D eigenvalue weighted by molar-refractivity contribution is -0.117. The summed E-state index contributed by atoms with van der Waals surface area (Å²) in [5.41, 5.74) is 0.616. The van der Waals surface area contributed by atoms with Crippen LogP contribution in [0, 0.1) is 0 Å². The van der Waals surface area contributed by atoms with Gasteiger partial charge in [-0.2, -0.15) is 0 Å². The van der Waals surface area contributed by atoms with Crippen molar-refractivity contribution in [1.82, 2.24) is 5.32 Å². The average Bonchev–Trinajstić information content (AvgIpc) is 2.79. The summed E-state index contributed by atoms with van der Waals surface area (Å²) in [7, 11) is 1.56. The standard InChI is InChI=1S/C11H11BrN2O3S/c1-17-6-2-3-7(12)8(4-6)13-10(15)9-5-18-11(16)14-9/h2-4,9H,5H2,1H3,(H,13,15)(H,14,16). The van der Waals surface area contributed by atoms with Gasteiger partial charge in [-0.3, -0.25) is 9.59 Å². The van der Waals surface area contributed by atoms with Gasteiger partial charge < -0.3 is 15.4 Å². The molecular weight excluding hydrogens is 320 g/mol. The summed E-state index contributed by atoms with van der Waals surface area (Å²) in [6, 6.07) is 4.80. The van der Waals surface area contributed by atoms with Gasteiger partial charge in [0.1, 0.15) is 11.8 Å². The summed E-state index contributed by atoms with van der Waals surface area (Å²) in [6.07, 6.45) is 0. The van der Waals surface area contributed by atoms with Crippen LogP contribution < -0.4 is 15.4 Å². The minimum absolute atomic E-state index is 0.167. The van der Waals surface area contributed by atoms with E-state index in [1.165, 1.54) is 0 Å². The summed E-state index contributed by atoms with van der Waals surface area (Å²) in [5.74, 6) is 0.868. The predicted octanol–water partition coefficient (Wildman–Crippen LogP) is 2.22. The third-order valence-electron chi connectivity index (χ3n) is 2.42. The smallest absolute Gasteiger partial charge is 0.279 e. The van der Waals surface area contributed by atoms with Gasteiger partial charge in [0.05, 0.1) is 12.8 Å². The Morgan fingerprint density at radius 2 is 2.39 bits per heavy atom. The van der Waals surface area contributed by atoms with Crippen LogP contribution in [0.1, 0.15) is 0 Å². The van der Waals surface area contributed by atoms with Crippen LogP contribution >= 0.6 is 27.7 Å². The van der Waals surface area contributed by atoms with Crippen molar-refractivity contribution in [3.8, 4) is 5.75 Å². The molecule has 1 saturated heterocycles. The lowest BCUT2D eigenvalue weighted by Crippen LogP contribution is -2.38. The number of carbonyl (C=O) groups excluding carboxylic acids is 2. The molecule has 1 aromatic rings. The summed E-state index contributed by atoms with van der Waals surface area (Å²) in [4.78, 5) is 22.9. The van der Waals surface area contributed by atoms with E-state index < -0.39 is 6.04 Å². The summed E-state index contributed by atoms with van der Waals surface area (Å²) in [6.45, 7) is 0. The first kappa shape index (κ1) is 13.2. The molecule has 0 saturated carbocycles. The van der Waals surface area contributed by atoms with Crippen LogP contribution in [0.25, 0.3) is 0 Å². The fourth-order valence-corrected chi connectivity index (χ4v) is 2.60. The number of methoxy groups -OCH3 is 1. The molecule has 1 unspecified atom stereocenters. The van der Waals surface area contributed by atoms with Crippen LogP contribution in [-0.2, 0) is 4.79 Å². The van der Waals surface area contributed by atoms with Crippen molar-refractivity contribution in [3.05, 3.63) is 22.7 Å². The second-order valence-corrected chi connectivity index (χ2v) is 5.48. The Balaban J connectivity index is 2.09. The molecule has 1 fully saturated rings. The minimum atomic E-state index is -0.486. The van der Waals surface area contributed by atoms with E-state index in [-0.39, 0.29) is 11.1 Å². The van der Waals surface area contributed by atoms with E-state index in [1.807, 2.05) is 0 Å². The number of hydrogen-bond donors (Lipinski definition) is 2. The SMILES string of the molecule is COc1ccc(Br)c(NC(=O)C2CSC(=O)N2)c1. The maximum atomic E-state index is 11.9. The average molecular weight is 331 g/mol. The lowest BCUT2D eigenvalue weighted by Gasteiger charge is -2.12. The van der Waals surface area contributed by atoms with Crippen molar-refractivity contribution in [1.29, 1.82) is 0 Å². The molecule has 0 radical (unpaired) electrons. The Morgan fingerprint density at radius 1 is 1.61 bits per heavy atom. The van der Waals surface area contributed by atoms with Gasteiger partial charge >= 0.3 is 0 Å². The van der Waals surface area contributed by atoms with Crippen LogP contribution in [0.5, 0.6) is 5.75 Å². The number of rotatable bonds is 3. The highest BCUT2D eigenvalue weighted by molar-refractivity contribution is 9.10. The first-order valence-electron chi connectivity index (χ1n) is 5.18. The molecule has 96 valence electrons. The Morgan fingerprint density at radius 3 is 3.00 bits per heavy atom. The summed E-state index contributed by atoms with van der Waals surface area (Å²) in [5, 5.41) is 5.17. The van der Waals surface area contributed by atoms with Gasteiger partial charge in [0, 0.05) is 16.3 Å². The van der Waals surface area contributed by atoms with Gasteiger partial charge in [-0.15, -0.1) is 0 Å². The number of halogens is 1. The molecule has 0 spiro atoms. The molecule has 1 aliphatic heterocycles. The van der Waals surface area contributed by atoms with Crippen LogP contribution in [0.15, 0.2) is 22.7 Å². The molecule has 7 heteroatoms. The van der Waals surface area contributed by atoms with Crippen molar-refractivity contribution in [3.63, 3.8) is 0 Å². The highest BCUT2D eigenvalue weighted by Crippen LogP contribution is 2.27. The lowest BCUT2D eigenvalue weighted by atomic mass is 10.2. The number of amides is 2. The normalized spacial score (nSPS) is 18.3. The number of carbonyl (C=O) groups is 2. The fourth-order valence-electron chi connectivity index (χ4n) is 1.47. The molecule has 0 bridgehead atoms. The Bertz CT molecular complexity index is 495. The number of thioether (sulfide) groups is 1. The summed E-state index contributed by atoms with van der Waals surface area (Å²) < 4.78 is 5.85. The Kier molecular flexibility index (Phi) is 4.13. The van der Waals surface area contributed by atoms with E-state index in [1.54, 1.807) is 25.3 Å². The molecule has 1 atom stereocenters. The highest BCUT2D eigenvalue weighted by atomic mass is 79.9. The quantitative estimate of drug-likeness (QED) is 0.891. The zero-order chi connectivity index (χ0) is 13.1. The van der Waals surface area contributed by atoms with Gasteiger partial charge in [-0.05, 0) is 28.1 Å². The number of ether oxygens (including phenoxy) is 1. The monoisotopic (exact) mass is 330 g/mol. The molecular formula is C11H11BrN2O3S. The Hall–Kier alpha value is -1.21. The molecule has 2 rings (SSSR count). The largest absolute Gasteiger partial charge is 0.497 e. The molecule has 0 aromatic heterocycles. The van der Waals surface area contributed by atoms with Gasteiger partial charge in [0.15, 0.2) is 0 Å². The van der Waals surface area contributed by atoms with Crippen LogP contribution in [0.3, 0.4) is 0 Å². The third-order valence-corrected chi connectivity index (χ3v) is 3.99. The molecule has 5 nitrogen and oxygen atoms in total. The van der Waals surface area contributed by atoms with E-state index >= 15 is 0 Å². The maximum absolute atomic E-state index is 11.9. The first-order chi connectivity index (χ1) is 8.60. The number of benzene rings is 1. The molecule has 18 heavy (non-hydrogen) atoms.